The number of nitrogens with zero attached hydrogens (tertiary/aromatic N) is 2. The van der Waals surface area contributed by atoms with Crippen molar-refractivity contribution in [2.75, 3.05) is 0 Å². The number of rotatable bonds is 2. The predicted octanol–water partition coefficient (Wildman–Crippen LogP) is 1.31. The van der Waals surface area contributed by atoms with Crippen LogP contribution in [0.4, 0.5) is 0 Å². The van der Waals surface area contributed by atoms with E-state index in [0.29, 0.717) is 0 Å². The molecule has 0 aromatic carbocycles. The highest BCUT2D eigenvalue weighted by molar-refractivity contribution is 8.22. The molecule has 0 saturated carbocycles. The molecule has 0 amide bonds. The van der Waals surface area contributed by atoms with Gasteiger partial charge >= 0.3 is 5.84 Å². The lowest BCUT2D eigenvalue weighted by Crippen LogP contribution is -1.88. The van der Waals surface area contributed by atoms with Gasteiger partial charge in [-0.3, -0.25) is 0 Å². The number of halogens is 1. The molecule has 11 heavy (non-hydrogen) atoms. The van der Waals surface area contributed by atoms with Crippen LogP contribution in [0.3, 0.4) is 0 Å². The molecule has 0 spiro atoms. The van der Waals surface area contributed by atoms with Gasteiger partial charge in [-0.1, -0.05) is 0 Å². The molecule has 0 aliphatic carbocycles. The van der Waals surface area contributed by atoms with Crippen LogP contribution in [-0.4, -0.2) is 14.9 Å². The molecular formula is C4H4ClN2O2PS. The van der Waals surface area contributed by atoms with Gasteiger partial charge in [-0.15, -0.1) is 0 Å². The lowest BCUT2D eigenvalue weighted by atomic mass is 10.6. The molecular weight excluding hydrogens is 207 g/mol. The van der Waals surface area contributed by atoms with E-state index in [1.54, 1.807) is 0 Å². The second kappa shape index (κ2) is 3.45. The Bertz CT molecular complexity index is 277. The fourth-order valence-electron chi connectivity index (χ4n) is 0.448. The molecule has 1 atom stereocenters. The lowest BCUT2D eigenvalue weighted by molar-refractivity contribution is 0.489. The van der Waals surface area contributed by atoms with Gasteiger partial charge < -0.3 is 9.42 Å². The molecule has 0 aliphatic rings. The summed E-state index contributed by atoms with van der Waals surface area (Å²) in [6, 6.07) is 1.46. The first kappa shape index (κ1) is 8.87. The Kier molecular flexibility index (Phi) is 2.78. The molecule has 0 bridgehead atoms. The Morgan fingerprint density at radius 1 is 1.73 bits per heavy atom. The average Bonchev–Trinajstić information content (AvgIpc) is 1.85. The van der Waals surface area contributed by atoms with Crippen LogP contribution in [0.1, 0.15) is 0 Å². The predicted molar refractivity (Wildman–Crippen MR) is 45.0 cm³/mol. The number of hydrogen-bond acceptors (Lipinski definition) is 4. The molecule has 1 heterocycles. The SMILES string of the molecule is OP(=S)(Cl)Oc1ccncn1. The molecule has 1 aromatic heterocycles. The molecule has 0 radical (unpaired) electrons. The van der Waals surface area contributed by atoms with E-state index in [4.69, 9.17) is 20.7 Å². The summed E-state index contributed by atoms with van der Waals surface area (Å²) in [5, 5.41) is 0. The van der Waals surface area contributed by atoms with E-state index in [1.165, 1.54) is 18.6 Å². The van der Waals surface area contributed by atoms with E-state index >= 15 is 0 Å². The second-order valence-corrected chi connectivity index (χ2v) is 6.14. The van der Waals surface area contributed by atoms with Crippen LogP contribution in [0.5, 0.6) is 5.88 Å². The van der Waals surface area contributed by atoms with Crippen molar-refractivity contribution in [3.63, 3.8) is 0 Å². The van der Waals surface area contributed by atoms with E-state index in [1.807, 2.05) is 0 Å². The van der Waals surface area contributed by atoms with Crippen molar-refractivity contribution >= 4 is 28.9 Å². The minimum Gasteiger partial charge on any atom is -0.414 e. The molecule has 0 saturated heterocycles. The smallest absolute Gasteiger partial charge is 0.331 e. The quantitative estimate of drug-likeness (QED) is 0.746. The van der Waals surface area contributed by atoms with Gasteiger partial charge in [0.2, 0.25) is 5.88 Å². The Morgan fingerprint density at radius 2 is 2.45 bits per heavy atom. The van der Waals surface area contributed by atoms with Crippen molar-refractivity contribution in [2.45, 2.75) is 0 Å². The first-order valence-corrected chi connectivity index (χ1v) is 6.14. The molecule has 1 rings (SSSR count). The maximum atomic E-state index is 8.88. The Labute approximate surface area is 73.2 Å². The first-order chi connectivity index (χ1) is 5.08. The average molecular weight is 211 g/mol. The minimum atomic E-state index is -3.17. The fourth-order valence-corrected chi connectivity index (χ4v) is 1.23. The Morgan fingerprint density at radius 3 is 2.91 bits per heavy atom. The second-order valence-electron chi connectivity index (χ2n) is 1.59. The molecule has 0 aliphatic heterocycles. The number of aromatic nitrogens is 2. The Hall–Kier alpha value is -0.220. The molecule has 1 N–H and O–H groups in total. The topological polar surface area (TPSA) is 55.2 Å². The summed E-state index contributed by atoms with van der Waals surface area (Å²) in [5.74, 6) is -2.99. The van der Waals surface area contributed by atoms with Crippen LogP contribution < -0.4 is 4.52 Å². The van der Waals surface area contributed by atoms with E-state index in [9.17, 15) is 0 Å². The summed E-state index contributed by atoms with van der Waals surface area (Å²) in [4.78, 5) is 16.2. The zero-order valence-corrected chi connectivity index (χ0v) is 7.68. The zero-order valence-electron chi connectivity index (χ0n) is 5.22. The molecule has 60 valence electrons. The molecule has 4 nitrogen and oxygen atoms in total. The van der Waals surface area contributed by atoms with Crippen molar-refractivity contribution in [3.8, 4) is 5.88 Å². The van der Waals surface area contributed by atoms with Crippen molar-refractivity contribution in [1.29, 1.82) is 0 Å². The first-order valence-electron chi connectivity index (χ1n) is 2.56. The highest BCUT2D eigenvalue weighted by Crippen LogP contribution is 2.47. The van der Waals surface area contributed by atoms with E-state index in [0.717, 1.165) is 0 Å². The maximum absolute atomic E-state index is 8.88. The van der Waals surface area contributed by atoms with Crippen LogP contribution in [0.25, 0.3) is 0 Å². The standard InChI is InChI=1S/C4H4ClN2O2PS/c5-10(8,11)9-4-1-2-6-3-7-4/h1-3H,(H,8,11). The summed E-state index contributed by atoms with van der Waals surface area (Å²) < 4.78 is 4.70. The van der Waals surface area contributed by atoms with Crippen LogP contribution in [-0.2, 0) is 11.8 Å². The maximum Gasteiger partial charge on any atom is 0.331 e. The third-order valence-electron chi connectivity index (χ3n) is 0.761. The van der Waals surface area contributed by atoms with Crippen LogP contribution in [0.15, 0.2) is 18.6 Å². The van der Waals surface area contributed by atoms with Crippen molar-refractivity contribution in [3.05, 3.63) is 18.6 Å². The summed E-state index contributed by atoms with van der Waals surface area (Å²) in [7, 11) is 0. The number of hydrogen-bond donors (Lipinski definition) is 1. The van der Waals surface area contributed by atoms with Gasteiger partial charge in [0.25, 0.3) is 0 Å². The van der Waals surface area contributed by atoms with Crippen molar-refractivity contribution in [2.24, 2.45) is 0 Å². The molecule has 1 unspecified atom stereocenters. The lowest BCUT2D eigenvalue weighted by Gasteiger charge is -2.06. The van der Waals surface area contributed by atoms with E-state index < -0.39 is 5.84 Å². The van der Waals surface area contributed by atoms with Crippen molar-refractivity contribution in [1.82, 2.24) is 9.97 Å². The zero-order chi connectivity index (χ0) is 8.32. The van der Waals surface area contributed by atoms with E-state index in [2.05, 4.69) is 21.8 Å². The van der Waals surface area contributed by atoms with Gasteiger partial charge in [0.05, 0.1) is 0 Å². The van der Waals surface area contributed by atoms with Gasteiger partial charge in [-0.25, -0.2) is 9.97 Å². The highest BCUT2D eigenvalue weighted by Gasteiger charge is 2.09. The third kappa shape index (κ3) is 3.62. The normalized spacial score (nSPS) is 15.5. The summed E-state index contributed by atoms with van der Waals surface area (Å²) >= 11 is 9.68. The van der Waals surface area contributed by atoms with Gasteiger partial charge in [0.1, 0.15) is 6.33 Å². The summed E-state index contributed by atoms with van der Waals surface area (Å²) in [6.07, 6.45) is 2.74. The van der Waals surface area contributed by atoms with Gasteiger partial charge in [-0.2, -0.15) is 0 Å². The fraction of sp³-hybridized carbons (Fsp3) is 0. The van der Waals surface area contributed by atoms with E-state index in [-0.39, 0.29) is 5.88 Å². The molecule has 0 fully saturated rings. The van der Waals surface area contributed by atoms with Crippen LogP contribution in [0.2, 0.25) is 0 Å². The molecule has 7 heteroatoms. The highest BCUT2D eigenvalue weighted by atomic mass is 35.7. The van der Waals surface area contributed by atoms with Gasteiger partial charge in [-0.05, 0) is 23.0 Å². The monoisotopic (exact) mass is 210 g/mol. The van der Waals surface area contributed by atoms with Crippen molar-refractivity contribution < 1.29 is 9.42 Å². The summed E-state index contributed by atoms with van der Waals surface area (Å²) in [6.45, 7) is 0. The van der Waals surface area contributed by atoms with Crippen LogP contribution >= 0.6 is 17.1 Å². The van der Waals surface area contributed by atoms with Gasteiger partial charge in [0.15, 0.2) is 0 Å². The minimum absolute atomic E-state index is 0.181. The largest absolute Gasteiger partial charge is 0.414 e. The summed E-state index contributed by atoms with van der Waals surface area (Å²) in [5.41, 5.74) is 0. The Balaban J connectivity index is 2.74. The molecule has 1 aromatic rings. The van der Waals surface area contributed by atoms with Gasteiger partial charge in [0, 0.05) is 12.3 Å². The van der Waals surface area contributed by atoms with Crippen LogP contribution in [0, 0.1) is 0 Å². The third-order valence-corrected chi connectivity index (χ3v) is 1.60.